The fraction of sp³-hybridized carbons (Fsp3) is 0.381. The number of carbonyl (C=O) groups excluding carboxylic acids is 2. The number of rotatable bonds is 3. The molecule has 7 heteroatoms. The molecule has 6 nitrogen and oxygen atoms in total. The molecular formula is C21H24N4O2S. The summed E-state index contributed by atoms with van der Waals surface area (Å²) in [5, 5.41) is 4.36. The summed E-state index contributed by atoms with van der Waals surface area (Å²) in [6.45, 7) is 3.25. The van der Waals surface area contributed by atoms with Gasteiger partial charge in [-0.3, -0.25) is 14.5 Å². The van der Waals surface area contributed by atoms with Crippen LogP contribution in [0.15, 0.2) is 36.2 Å². The predicted octanol–water partition coefficient (Wildman–Crippen LogP) is 2.73. The van der Waals surface area contributed by atoms with Gasteiger partial charge in [0, 0.05) is 42.3 Å². The van der Waals surface area contributed by atoms with Crippen LogP contribution in [0.25, 0.3) is 17.0 Å². The van der Waals surface area contributed by atoms with Gasteiger partial charge in [0.1, 0.15) is 12.2 Å². The van der Waals surface area contributed by atoms with E-state index in [9.17, 15) is 9.59 Å². The van der Waals surface area contributed by atoms with Crippen molar-refractivity contribution in [2.24, 2.45) is 0 Å². The van der Waals surface area contributed by atoms with E-state index >= 15 is 0 Å². The topological polar surface area (TPSA) is 57.6 Å². The number of fused-ring (bicyclic) bond motifs is 1. The molecule has 2 saturated heterocycles. The molecule has 2 aromatic rings. The van der Waals surface area contributed by atoms with Gasteiger partial charge in [-0.05, 0) is 50.5 Å². The lowest BCUT2D eigenvalue weighted by atomic mass is 10.0. The smallest absolute Gasteiger partial charge is 0.276 e. The number of nitrogens with zero attached hydrogens (tertiary/aromatic N) is 3. The second-order valence-electron chi connectivity index (χ2n) is 7.51. The summed E-state index contributed by atoms with van der Waals surface area (Å²) in [5.74, 6) is -0.0109. The first-order valence-electron chi connectivity index (χ1n) is 9.64. The Bertz CT molecular complexity index is 993. The van der Waals surface area contributed by atoms with Crippen LogP contribution in [-0.4, -0.2) is 50.9 Å². The number of likely N-dealkylation sites (N-methyl/N-ethyl adjacent to an activating group) is 1. The molecule has 1 atom stereocenters. The molecule has 4 rings (SSSR count). The van der Waals surface area contributed by atoms with Crippen molar-refractivity contribution in [1.82, 2.24) is 19.7 Å². The lowest BCUT2D eigenvalue weighted by Crippen LogP contribution is -2.43. The third-order valence-corrected chi connectivity index (χ3v) is 6.01. The van der Waals surface area contributed by atoms with Crippen LogP contribution in [0.1, 0.15) is 31.7 Å². The molecule has 0 bridgehead atoms. The summed E-state index contributed by atoms with van der Waals surface area (Å²) in [4.78, 5) is 28.6. The van der Waals surface area contributed by atoms with Crippen molar-refractivity contribution >= 4 is 46.1 Å². The normalized spacial score (nSPS) is 21.6. The minimum Gasteiger partial charge on any atom is -0.338 e. The van der Waals surface area contributed by atoms with Crippen LogP contribution >= 0.6 is 12.2 Å². The van der Waals surface area contributed by atoms with Crippen LogP contribution in [0.5, 0.6) is 0 Å². The van der Waals surface area contributed by atoms with E-state index in [2.05, 4.69) is 12.2 Å². The van der Waals surface area contributed by atoms with E-state index in [-0.39, 0.29) is 11.8 Å². The molecule has 146 valence electrons. The Hall–Kier alpha value is -2.67. The van der Waals surface area contributed by atoms with Gasteiger partial charge in [-0.15, -0.1) is 0 Å². The van der Waals surface area contributed by atoms with Gasteiger partial charge in [-0.1, -0.05) is 18.2 Å². The van der Waals surface area contributed by atoms with Crippen LogP contribution in [0, 0.1) is 0 Å². The van der Waals surface area contributed by atoms with Crippen molar-refractivity contribution in [2.45, 2.75) is 38.8 Å². The molecule has 1 N–H and O–H groups in total. The van der Waals surface area contributed by atoms with Gasteiger partial charge in [-0.2, -0.15) is 0 Å². The van der Waals surface area contributed by atoms with Gasteiger partial charge in [0.15, 0.2) is 5.11 Å². The Balaban J connectivity index is 1.66. The standard InChI is InChI=1S/C21H24N4O2S/c1-14-7-5-6-10-25(14)19(26)13-24-12-15(16-8-3-4-9-18(16)24)11-17-20(27)23(2)21(28)22-17/h3-4,8-9,11-12,14H,5-7,10,13H2,1-2H3,(H,22,28)/b17-11-/t14-/m1/s1. The van der Waals surface area contributed by atoms with Crippen molar-refractivity contribution in [2.75, 3.05) is 13.6 Å². The highest BCUT2D eigenvalue weighted by atomic mass is 32.1. The highest BCUT2D eigenvalue weighted by molar-refractivity contribution is 7.80. The Morgan fingerprint density at radius 2 is 2.11 bits per heavy atom. The molecule has 0 aliphatic carbocycles. The molecule has 28 heavy (non-hydrogen) atoms. The molecular weight excluding hydrogens is 372 g/mol. The summed E-state index contributed by atoms with van der Waals surface area (Å²) in [6, 6.07) is 8.23. The third-order valence-electron chi connectivity index (χ3n) is 5.63. The Morgan fingerprint density at radius 1 is 1.32 bits per heavy atom. The SMILES string of the molecule is C[C@@H]1CCCCN1C(=O)Cn1cc(/C=C2\NC(=S)N(C)C2=O)c2ccccc21. The number of carbonyl (C=O) groups is 2. The van der Waals surface area contributed by atoms with E-state index in [1.54, 1.807) is 7.05 Å². The van der Waals surface area contributed by atoms with Crippen molar-refractivity contribution in [3.63, 3.8) is 0 Å². The maximum Gasteiger partial charge on any atom is 0.276 e. The Kier molecular flexibility index (Phi) is 4.93. The van der Waals surface area contributed by atoms with Gasteiger partial charge in [0.05, 0.1) is 0 Å². The molecule has 0 saturated carbocycles. The van der Waals surface area contributed by atoms with Crippen molar-refractivity contribution in [3.05, 3.63) is 41.7 Å². The first kappa shape index (κ1) is 18.7. The van der Waals surface area contributed by atoms with Gasteiger partial charge >= 0.3 is 0 Å². The second-order valence-corrected chi connectivity index (χ2v) is 7.90. The number of nitrogens with one attached hydrogen (secondary N) is 1. The Morgan fingerprint density at radius 3 is 2.82 bits per heavy atom. The largest absolute Gasteiger partial charge is 0.338 e. The summed E-state index contributed by atoms with van der Waals surface area (Å²) < 4.78 is 1.98. The molecule has 1 aromatic carbocycles. The van der Waals surface area contributed by atoms with E-state index < -0.39 is 0 Å². The average molecular weight is 397 g/mol. The monoisotopic (exact) mass is 396 g/mol. The van der Waals surface area contributed by atoms with Crippen molar-refractivity contribution < 1.29 is 9.59 Å². The summed E-state index contributed by atoms with van der Waals surface area (Å²) in [6.07, 6.45) is 7.08. The first-order valence-corrected chi connectivity index (χ1v) is 10.0. The number of likely N-dealkylation sites (tertiary alicyclic amines) is 1. The van der Waals surface area contributed by atoms with E-state index in [1.807, 2.05) is 46.0 Å². The van der Waals surface area contributed by atoms with E-state index in [4.69, 9.17) is 12.2 Å². The molecule has 1 aromatic heterocycles. The first-order chi connectivity index (χ1) is 13.5. The Labute approximate surface area is 169 Å². The van der Waals surface area contributed by atoms with Crippen molar-refractivity contribution in [3.8, 4) is 0 Å². The number of hydrogen-bond donors (Lipinski definition) is 1. The number of piperidine rings is 1. The second kappa shape index (κ2) is 7.39. The van der Waals surface area contributed by atoms with Gasteiger partial charge in [-0.25, -0.2) is 0 Å². The number of para-hydroxylation sites is 1. The zero-order valence-corrected chi connectivity index (χ0v) is 17.0. The maximum atomic E-state index is 12.9. The van der Waals surface area contributed by atoms with E-state index in [0.29, 0.717) is 23.4 Å². The van der Waals surface area contributed by atoms with Crippen LogP contribution in [0.3, 0.4) is 0 Å². The lowest BCUT2D eigenvalue weighted by Gasteiger charge is -2.33. The zero-order chi connectivity index (χ0) is 19.8. The number of thiocarbonyl (C=S) groups is 1. The van der Waals surface area contributed by atoms with Crippen molar-refractivity contribution in [1.29, 1.82) is 0 Å². The molecule has 2 aliphatic rings. The number of benzene rings is 1. The third kappa shape index (κ3) is 3.30. The predicted molar refractivity (Wildman–Crippen MR) is 113 cm³/mol. The zero-order valence-electron chi connectivity index (χ0n) is 16.1. The number of amides is 2. The number of hydrogen-bond acceptors (Lipinski definition) is 3. The highest BCUT2D eigenvalue weighted by Gasteiger charge is 2.28. The minimum absolute atomic E-state index is 0.142. The molecule has 3 heterocycles. The van der Waals surface area contributed by atoms with E-state index in [1.165, 1.54) is 11.3 Å². The maximum absolute atomic E-state index is 12.9. The fourth-order valence-electron chi connectivity index (χ4n) is 4.00. The number of aromatic nitrogens is 1. The molecule has 0 spiro atoms. The summed E-state index contributed by atoms with van der Waals surface area (Å²) in [5.41, 5.74) is 2.32. The molecule has 2 aliphatic heterocycles. The average Bonchev–Trinajstić information content (AvgIpc) is 3.15. The molecule has 0 radical (unpaired) electrons. The summed E-state index contributed by atoms with van der Waals surface area (Å²) >= 11 is 5.15. The van der Waals surface area contributed by atoms with E-state index in [0.717, 1.165) is 35.9 Å². The summed E-state index contributed by atoms with van der Waals surface area (Å²) in [7, 11) is 1.65. The van der Waals surface area contributed by atoms with Crippen LogP contribution < -0.4 is 5.32 Å². The fourth-order valence-corrected chi connectivity index (χ4v) is 4.20. The van der Waals surface area contributed by atoms with Gasteiger partial charge in [0.25, 0.3) is 5.91 Å². The molecule has 0 unspecified atom stereocenters. The lowest BCUT2D eigenvalue weighted by molar-refractivity contribution is -0.135. The quantitative estimate of drug-likeness (QED) is 0.640. The molecule has 2 fully saturated rings. The van der Waals surface area contributed by atoms with Crippen LogP contribution in [0.4, 0.5) is 0 Å². The van der Waals surface area contributed by atoms with Gasteiger partial charge in [0.2, 0.25) is 5.91 Å². The van der Waals surface area contributed by atoms with Gasteiger partial charge < -0.3 is 14.8 Å². The minimum atomic E-state index is -0.153. The molecule has 2 amide bonds. The van der Waals surface area contributed by atoms with Crippen LogP contribution in [0.2, 0.25) is 0 Å². The highest BCUT2D eigenvalue weighted by Crippen LogP contribution is 2.25. The van der Waals surface area contributed by atoms with Crippen LogP contribution in [-0.2, 0) is 16.1 Å².